The highest BCUT2D eigenvalue weighted by Gasteiger charge is 2.21. The maximum Gasteiger partial charge on any atom is 0.0761 e. The van der Waals surface area contributed by atoms with Crippen molar-refractivity contribution in [3.8, 4) is 0 Å². The van der Waals surface area contributed by atoms with Crippen LogP contribution in [0.25, 0.3) is 10.9 Å². The van der Waals surface area contributed by atoms with Gasteiger partial charge in [0.05, 0.1) is 11.6 Å². The van der Waals surface area contributed by atoms with Gasteiger partial charge in [-0.1, -0.05) is 36.9 Å². The third-order valence-electron chi connectivity index (χ3n) is 4.33. The SMILES string of the molecule is OC1CCCCCC1NCc1ccc(Cl)c2cccnc12. The fraction of sp³-hybridized carbons (Fsp3) is 0.471. The van der Waals surface area contributed by atoms with Crippen molar-refractivity contribution in [2.75, 3.05) is 0 Å². The zero-order valence-electron chi connectivity index (χ0n) is 12.1. The zero-order chi connectivity index (χ0) is 14.7. The van der Waals surface area contributed by atoms with E-state index in [-0.39, 0.29) is 12.1 Å². The third kappa shape index (κ3) is 3.37. The molecule has 3 nitrogen and oxygen atoms in total. The molecule has 1 fully saturated rings. The van der Waals surface area contributed by atoms with Gasteiger partial charge in [0, 0.05) is 29.2 Å². The second kappa shape index (κ2) is 6.73. The lowest BCUT2D eigenvalue weighted by molar-refractivity contribution is 0.119. The third-order valence-corrected chi connectivity index (χ3v) is 4.66. The van der Waals surface area contributed by atoms with E-state index in [4.69, 9.17) is 11.6 Å². The summed E-state index contributed by atoms with van der Waals surface area (Å²) in [5.41, 5.74) is 2.08. The number of aromatic nitrogens is 1. The highest BCUT2D eigenvalue weighted by molar-refractivity contribution is 6.35. The molecule has 3 rings (SSSR count). The van der Waals surface area contributed by atoms with Crippen LogP contribution < -0.4 is 5.32 Å². The van der Waals surface area contributed by atoms with Crippen LogP contribution in [0.2, 0.25) is 5.02 Å². The smallest absolute Gasteiger partial charge is 0.0761 e. The second-order valence-corrected chi connectivity index (χ2v) is 6.21. The summed E-state index contributed by atoms with van der Waals surface area (Å²) in [5, 5.41) is 15.4. The predicted octanol–water partition coefficient (Wildman–Crippen LogP) is 3.67. The number of pyridine rings is 1. The van der Waals surface area contributed by atoms with Crippen LogP contribution in [-0.2, 0) is 6.54 Å². The van der Waals surface area contributed by atoms with Crippen LogP contribution in [0.4, 0.5) is 0 Å². The van der Waals surface area contributed by atoms with Crippen molar-refractivity contribution in [3.05, 3.63) is 41.0 Å². The molecule has 1 aromatic heterocycles. The van der Waals surface area contributed by atoms with Gasteiger partial charge in [-0.3, -0.25) is 4.98 Å². The van der Waals surface area contributed by atoms with E-state index in [0.717, 1.165) is 40.8 Å². The molecule has 2 unspecified atom stereocenters. The van der Waals surface area contributed by atoms with Crippen molar-refractivity contribution in [1.29, 1.82) is 0 Å². The van der Waals surface area contributed by atoms with Crippen molar-refractivity contribution in [1.82, 2.24) is 10.3 Å². The highest BCUT2D eigenvalue weighted by Crippen LogP contribution is 2.25. The minimum atomic E-state index is -0.237. The van der Waals surface area contributed by atoms with E-state index in [1.165, 1.54) is 12.8 Å². The maximum atomic E-state index is 10.2. The molecule has 0 bridgehead atoms. The Morgan fingerprint density at radius 2 is 2.05 bits per heavy atom. The van der Waals surface area contributed by atoms with Gasteiger partial charge in [0.1, 0.15) is 0 Å². The van der Waals surface area contributed by atoms with Crippen LogP contribution in [0.1, 0.15) is 37.7 Å². The molecule has 112 valence electrons. The molecule has 2 aromatic rings. The van der Waals surface area contributed by atoms with Gasteiger partial charge in [0.15, 0.2) is 0 Å². The van der Waals surface area contributed by atoms with Crippen LogP contribution in [0.3, 0.4) is 0 Å². The second-order valence-electron chi connectivity index (χ2n) is 5.80. The summed E-state index contributed by atoms with van der Waals surface area (Å²) in [7, 11) is 0. The molecular formula is C17H21ClN2O. The molecule has 4 heteroatoms. The Balaban J connectivity index is 1.77. The quantitative estimate of drug-likeness (QED) is 0.850. The monoisotopic (exact) mass is 304 g/mol. The first kappa shape index (κ1) is 14.8. The number of rotatable bonds is 3. The number of fused-ring (bicyclic) bond motifs is 1. The molecule has 0 aliphatic heterocycles. The average Bonchev–Trinajstić information content (AvgIpc) is 2.72. The van der Waals surface area contributed by atoms with Gasteiger partial charge < -0.3 is 10.4 Å². The Morgan fingerprint density at radius 1 is 1.19 bits per heavy atom. The molecule has 0 radical (unpaired) electrons. The van der Waals surface area contributed by atoms with Crippen molar-refractivity contribution in [3.63, 3.8) is 0 Å². The van der Waals surface area contributed by atoms with E-state index in [0.29, 0.717) is 6.54 Å². The summed E-state index contributed by atoms with van der Waals surface area (Å²) in [6.07, 6.45) is 7.04. The summed E-state index contributed by atoms with van der Waals surface area (Å²) in [5.74, 6) is 0. The van der Waals surface area contributed by atoms with E-state index in [1.807, 2.05) is 24.3 Å². The molecule has 0 saturated heterocycles. The molecule has 1 aliphatic carbocycles. The number of hydrogen-bond acceptors (Lipinski definition) is 3. The molecule has 1 aromatic carbocycles. The fourth-order valence-electron chi connectivity index (χ4n) is 3.11. The number of hydrogen-bond donors (Lipinski definition) is 2. The number of nitrogens with zero attached hydrogens (tertiary/aromatic N) is 1. The van der Waals surface area contributed by atoms with Crippen LogP contribution >= 0.6 is 11.6 Å². The summed E-state index contributed by atoms with van der Waals surface area (Å²) in [6, 6.07) is 8.02. The lowest BCUT2D eigenvalue weighted by Gasteiger charge is -2.22. The van der Waals surface area contributed by atoms with Gasteiger partial charge in [-0.05, 0) is 36.6 Å². The van der Waals surface area contributed by atoms with E-state index in [2.05, 4.69) is 10.3 Å². The van der Waals surface area contributed by atoms with Gasteiger partial charge in [0.25, 0.3) is 0 Å². The number of halogens is 1. The Morgan fingerprint density at radius 3 is 2.95 bits per heavy atom. The standard InChI is InChI=1S/C17H21ClN2O/c18-14-9-8-12(17-13(14)5-4-10-19-17)11-20-15-6-2-1-3-7-16(15)21/h4-5,8-10,15-16,20-21H,1-3,6-7,11H2. The summed E-state index contributed by atoms with van der Waals surface area (Å²) in [6.45, 7) is 0.715. The predicted molar refractivity (Wildman–Crippen MR) is 86.5 cm³/mol. The van der Waals surface area contributed by atoms with Gasteiger partial charge >= 0.3 is 0 Å². The summed E-state index contributed by atoms with van der Waals surface area (Å²) >= 11 is 6.22. The zero-order valence-corrected chi connectivity index (χ0v) is 12.8. The minimum Gasteiger partial charge on any atom is -0.392 e. The first-order chi connectivity index (χ1) is 10.3. The topological polar surface area (TPSA) is 45.1 Å². The summed E-state index contributed by atoms with van der Waals surface area (Å²) < 4.78 is 0. The molecule has 1 saturated carbocycles. The minimum absolute atomic E-state index is 0.182. The number of benzene rings is 1. The van der Waals surface area contributed by atoms with E-state index < -0.39 is 0 Å². The number of nitrogens with one attached hydrogen (secondary N) is 1. The first-order valence-electron chi connectivity index (χ1n) is 7.69. The van der Waals surface area contributed by atoms with Crippen LogP contribution in [0.5, 0.6) is 0 Å². The average molecular weight is 305 g/mol. The van der Waals surface area contributed by atoms with Crippen molar-refractivity contribution in [2.24, 2.45) is 0 Å². The van der Waals surface area contributed by atoms with Gasteiger partial charge in [0.2, 0.25) is 0 Å². The normalized spacial score (nSPS) is 23.1. The van der Waals surface area contributed by atoms with Gasteiger partial charge in [-0.25, -0.2) is 0 Å². The number of aliphatic hydroxyl groups is 1. The largest absolute Gasteiger partial charge is 0.392 e. The molecule has 1 aliphatic rings. The van der Waals surface area contributed by atoms with E-state index in [1.54, 1.807) is 6.20 Å². The van der Waals surface area contributed by atoms with E-state index in [9.17, 15) is 5.11 Å². The van der Waals surface area contributed by atoms with Crippen LogP contribution in [-0.4, -0.2) is 22.2 Å². The van der Waals surface area contributed by atoms with Gasteiger partial charge in [-0.2, -0.15) is 0 Å². The first-order valence-corrected chi connectivity index (χ1v) is 8.07. The molecular weight excluding hydrogens is 284 g/mol. The molecule has 0 spiro atoms. The Labute approximate surface area is 130 Å². The Hall–Kier alpha value is -1.16. The van der Waals surface area contributed by atoms with Crippen molar-refractivity contribution >= 4 is 22.5 Å². The van der Waals surface area contributed by atoms with Crippen LogP contribution in [0, 0.1) is 0 Å². The van der Waals surface area contributed by atoms with E-state index >= 15 is 0 Å². The molecule has 2 N–H and O–H groups in total. The van der Waals surface area contributed by atoms with Crippen molar-refractivity contribution in [2.45, 2.75) is 50.8 Å². The lowest BCUT2D eigenvalue weighted by Crippen LogP contribution is -2.38. The maximum absolute atomic E-state index is 10.2. The van der Waals surface area contributed by atoms with Crippen LogP contribution in [0.15, 0.2) is 30.5 Å². The Kier molecular flexibility index (Phi) is 4.73. The Bertz CT molecular complexity index is 617. The highest BCUT2D eigenvalue weighted by atomic mass is 35.5. The summed E-state index contributed by atoms with van der Waals surface area (Å²) in [4.78, 5) is 4.46. The molecule has 0 amide bonds. The van der Waals surface area contributed by atoms with Crippen molar-refractivity contribution < 1.29 is 5.11 Å². The lowest BCUT2D eigenvalue weighted by atomic mass is 10.0. The fourth-order valence-corrected chi connectivity index (χ4v) is 3.32. The molecule has 1 heterocycles. The number of aliphatic hydroxyl groups excluding tert-OH is 1. The van der Waals surface area contributed by atoms with Gasteiger partial charge in [-0.15, -0.1) is 0 Å². The molecule has 21 heavy (non-hydrogen) atoms. The molecule has 2 atom stereocenters.